The van der Waals surface area contributed by atoms with Crippen LogP contribution in [-0.2, 0) is 0 Å². The van der Waals surface area contributed by atoms with Crippen LogP contribution in [0.2, 0.25) is 0 Å². The second-order valence-electron chi connectivity index (χ2n) is 2.26. The zero-order valence-electron chi connectivity index (χ0n) is 5.10. The molecule has 1 N–H and O–H groups in total. The number of hydrogen-bond donors (Lipinski definition) is 1. The summed E-state index contributed by atoms with van der Waals surface area (Å²) in [7, 11) is 0. The van der Waals surface area contributed by atoms with Crippen LogP contribution in [-0.4, -0.2) is 17.4 Å². The van der Waals surface area contributed by atoms with Gasteiger partial charge in [-0.3, -0.25) is 0 Å². The Balaban J connectivity index is 2.28. The fourth-order valence-corrected chi connectivity index (χ4v) is 1.38. The lowest BCUT2D eigenvalue weighted by Crippen LogP contribution is -2.38. The molecule has 0 bridgehead atoms. The van der Waals surface area contributed by atoms with Crippen molar-refractivity contribution in [3.63, 3.8) is 0 Å². The maximum absolute atomic E-state index is 8.45. The molecule has 0 aromatic carbocycles. The lowest BCUT2D eigenvalue weighted by atomic mass is 10.1. The Morgan fingerprint density at radius 3 is 2.78 bits per heavy atom. The predicted octanol–water partition coefficient (Wildman–Crippen LogP) is 1.03. The van der Waals surface area contributed by atoms with Gasteiger partial charge < -0.3 is 5.32 Å². The van der Waals surface area contributed by atoms with E-state index in [1.807, 2.05) is 0 Å². The molecule has 0 aromatic heterocycles. The van der Waals surface area contributed by atoms with E-state index in [-0.39, 0.29) is 6.04 Å². The van der Waals surface area contributed by atoms with Crippen LogP contribution >= 0.6 is 15.9 Å². The second kappa shape index (κ2) is 3.19. The number of nitrogens with one attached hydrogen (secondary N) is 1. The molecule has 1 saturated heterocycles. The predicted molar refractivity (Wildman–Crippen MR) is 39.4 cm³/mol. The monoisotopic (exact) mass is 188 g/mol. The largest absolute Gasteiger partial charge is 0.301 e. The van der Waals surface area contributed by atoms with Crippen LogP contribution in [0.5, 0.6) is 0 Å². The van der Waals surface area contributed by atoms with Crippen LogP contribution in [0.1, 0.15) is 12.8 Å². The third kappa shape index (κ3) is 1.96. The minimum absolute atomic E-state index is 0.0961. The van der Waals surface area contributed by atoms with Gasteiger partial charge in [-0.15, -0.1) is 0 Å². The van der Waals surface area contributed by atoms with E-state index < -0.39 is 0 Å². The summed E-state index contributed by atoms with van der Waals surface area (Å²) in [4.78, 5) is 0.571. The highest BCUT2D eigenvalue weighted by atomic mass is 79.9. The Morgan fingerprint density at radius 2 is 2.33 bits per heavy atom. The molecule has 0 saturated carbocycles. The summed E-state index contributed by atoms with van der Waals surface area (Å²) < 4.78 is 0. The van der Waals surface area contributed by atoms with E-state index in [4.69, 9.17) is 5.26 Å². The van der Waals surface area contributed by atoms with Gasteiger partial charge in [0.05, 0.1) is 12.1 Å². The van der Waals surface area contributed by atoms with Gasteiger partial charge in [-0.25, -0.2) is 0 Å². The number of piperidine rings is 1. The fourth-order valence-electron chi connectivity index (χ4n) is 0.932. The van der Waals surface area contributed by atoms with Crippen molar-refractivity contribution in [2.24, 2.45) is 0 Å². The first-order chi connectivity index (χ1) is 4.33. The second-order valence-corrected chi connectivity index (χ2v) is 3.56. The van der Waals surface area contributed by atoms with Crippen LogP contribution in [0, 0.1) is 11.3 Å². The lowest BCUT2D eigenvalue weighted by Gasteiger charge is -2.21. The Bertz CT molecular complexity index is 122. The van der Waals surface area contributed by atoms with Gasteiger partial charge in [0, 0.05) is 11.4 Å². The number of nitrogens with zero attached hydrogens (tertiary/aromatic N) is 1. The maximum atomic E-state index is 8.45. The molecule has 2 unspecified atom stereocenters. The molecule has 0 spiro atoms. The number of nitriles is 1. The van der Waals surface area contributed by atoms with Crippen LogP contribution in [0.3, 0.4) is 0 Å². The zero-order chi connectivity index (χ0) is 6.69. The van der Waals surface area contributed by atoms with Crippen LogP contribution in [0.4, 0.5) is 0 Å². The molecular formula is C6H9BrN2. The molecule has 1 fully saturated rings. The first kappa shape index (κ1) is 7.04. The summed E-state index contributed by atoms with van der Waals surface area (Å²) in [5.74, 6) is 0. The lowest BCUT2D eigenvalue weighted by molar-refractivity contribution is 0.474. The highest BCUT2D eigenvalue weighted by molar-refractivity contribution is 9.09. The molecule has 50 valence electrons. The number of rotatable bonds is 0. The van der Waals surface area contributed by atoms with Crippen molar-refractivity contribution in [2.75, 3.05) is 6.54 Å². The van der Waals surface area contributed by atoms with Crippen LogP contribution in [0.15, 0.2) is 0 Å². The molecule has 2 atom stereocenters. The smallest absolute Gasteiger partial charge is 0.0953 e. The Labute approximate surface area is 63.4 Å². The maximum Gasteiger partial charge on any atom is 0.0953 e. The minimum atomic E-state index is 0.0961. The van der Waals surface area contributed by atoms with Crippen molar-refractivity contribution in [2.45, 2.75) is 23.7 Å². The molecule has 0 aliphatic carbocycles. The zero-order valence-corrected chi connectivity index (χ0v) is 6.69. The van der Waals surface area contributed by atoms with E-state index in [9.17, 15) is 0 Å². The molecule has 0 amide bonds. The number of halogens is 1. The Morgan fingerprint density at radius 1 is 1.56 bits per heavy atom. The van der Waals surface area contributed by atoms with E-state index in [1.54, 1.807) is 0 Å². The minimum Gasteiger partial charge on any atom is -0.301 e. The van der Waals surface area contributed by atoms with Gasteiger partial charge in [-0.1, -0.05) is 15.9 Å². The SMILES string of the molecule is N#CC1CCC(Br)CN1. The van der Waals surface area contributed by atoms with Crippen LogP contribution in [0.25, 0.3) is 0 Å². The summed E-state index contributed by atoms with van der Waals surface area (Å²) in [6, 6.07) is 2.29. The van der Waals surface area contributed by atoms with E-state index in [0.717, 1.165) is 19.4 Å². The van der Waals surface area contributed by atoms with Crippen molar-refractivity contribution >= 4 is 15.9 Å². The highest BCUT2D eigenvalue weighted by Crippen LogP contribution is 2.13. The van der Waals surface area contributed by atoms with Gasteiger partial charge in [-0.05, 0) is 12.8 Å². The average molecular weight is 189 g/mol. The quantitative estimate of drug-likeness (QED) is 0.577. The molecule has 9 heavy (non-hydrogen) atoms. The van der Waals surface area contributed by atoms with Gasteiger partial charge in [0.1, 0.15) is 0 Å². The first-order valence-corrected chi connectivity index (χ1v) is 4.01. The Kier molecular flexibility index (Phi) is 2.49. The van der Waals surface area contributed by atoms with Gasteiger partial charge in [0.15, 0.2) is 0 Å². The van der Waals surface area contributed by atoms with E-state index in [2.05, 4.69) is 27.3 Å². The molecule has 1 aliphatic rings. The van der Waals surface area contributed by atoms with E-state index in [0.29, 0.717) is 4.83 Å². The standard InChI is InChI=1S/C6H9BrN2/c7-5-1-2-6(3-8)9-4-5/h5-6,9H,1-2,4H2. The molecule has 0 radical (unpaired) electrons. The van der Waals surface area contributed by atoms with Crippen molar-refractivity contribution in [1.29, 1.82) is 5.26 Å². The first-order valence-electron chi connectivity index (χ1n) is 3.10. The van der Waals surface area contributed by atoms with Crippen molar-refractivity contribution in [1.82, 2.24) is 5.32 Å². The average Bonchev–Trinajstić information content (AvgIpc) is 1.90. The van der Waals surface area contributed by atoms with Gasteiger partial charge in [0.2, 0.25) is 0 Å². The van der Waals surface area contributed by atoms with Gasteiger partial charge in [0.25, 0.3) is 0 Å². The third-order valence-corrected chi connectivity index (χ3v) is 2.29. The highest BCUT2D eigenvalue weighted by Gasteiger charge is 2.16. The summed E-state index contributed by atoms with van der Waals surface area (Å²) in [6.45, 7) is 0.929. The molecule has 1 rings (SSSR count). The van der Waals surface area contributed by atoms with Crippen LogP contribution < -0.4 is 5.32 Å². The molecule has 1 aliphatic heterocycles. The fraction of sp³-hybridized carbons (Fsp3) is 0.833. The summed E-state index contributed by atoms with van der Waals surface area (Å²) >= 11 is 3.47. The molecular weight excluding hydrogens is 180 g/mol. The molecule has 2 nitrogen and oxygen atoms in total. The topological polar surface area (TPSA) is 35.8 Å². The number of hydrogen-bond acceptors (Lipinski definition) is 2. The number of alkyl halides is 1. The van der Waals surface area contributed by atoms with Gasteiger partial charge >= 0.3 is 0 Å². The van der Waals surface area contributed by atoms with E-state index in [1.165, 1.54) is 0 Å². The van der Waals surface area contributed by atoms with Gasteiger partial charge in [-0.2, -0.15) is 5.26 Å². The Hall–Kier alpha value is -0.0700. The summed E-state index contributed by atoms with van der Waals surface area (Å²) in [6.07, 6.45) is 2.09. The normalized spacial score (nSPS) is 35.6. The molecule has 1 heterocycles. The van der Waals surface area contributed by atoms with E-state index >= 15 is 0 Å². The van der Waals surface area contributed by atoms with Crippen molar-refractivity contribution in [3.8, 4) is 6.07 Å². The summed E-state index contributed by atoms with van der Waals surface area (Å²) in [5, 5.41) is 11.6. The summed E-state index contributed by atoms with van der Waals surface area (Å²) in [5.41, 5.74) is 0. The van der Waals surface area contributed by atoms with Crippen molar-refractivity contribution < 1.29 is 0 Å². The third-order valence-electron chi connectivity index (χ3n) is 1.51. The van der Waals surface area contributed by atoms with Crippen molar-refractivity contribution in [3.05, 3.63) is 0 Å². The molecule has 0 aromatic rings. The molecule has 3 heteroatoms.